The Morgan fingerprint density at radius 2 is 1.65 bits per heavy atom. The van der Waals surface area contributed by atoms with Gasteiger partial charge < -0.3 is 5.73 Å². The number of nitriles is 2. The predicted molar refractivity (Wildman–Crippen MR) is 88.7 cm³/mol. The molecule has 0 atom stereocenters. The van der Waals surface area contributed by atoms with Crippen molar-refractivity contribution in [3.05, 3.63) is 40.4 Å². The van der Waals surface area contributed by atoms with Crippen molar-refractivity contribution in [2.45, 2.75) is 12.8 Å². The number of benzene rings is 1. The summed E-state index contributed by atoms with van der Waals surface area (Å²) in [6.45, 7) is 1.74. The van der Waals surface area contributed by atoms with Gasteiger partial charge in [-0.2, -0.15) is 10.5 Å². The molecule has 1 fully saturated rings. The fourth-order valence-electron chi connectivity index (χ4n) is 2.94. The van der Waals surface area contributed by atoms with E-state index in [0.29, 0.717) is 22.0 Å². The average molecular weight is 325 g/mol. The maximum Gasteiger partial charge on any atom is 0.240 e. The molecule has 2 aromatic rings. The number of nitrogens with one attached hydrogen (secondary N) is 1. The van der Waals surface area contributed by atoms with Gasteiger partial charge in [-0.15, -0.1) is 0 Å². The highest BCUT2D eigenvalue weighted by Crippen LogP contribution is 2.34. The Kier molecular flexibility index (Phi) is 4.06. The summed E-state index contributed by atoms with van der Waals surface area (Å²) >= 11 is 5.94. The zero-order chi connectivity index (χ0) is 16.4. The van der Waals surface area contributed by atoms with Gasteiger partial charge in [0.2, 0.25) is 11.6 Å². The molecule has 0 saturated carbocycles. The summed E-state index contributed by atoms with van der Waals surface area (Å²) in [6, 6.07) is 11.4. The van der Waals surface area contributed by atoms with Crippen molar-refractivity contribution in [2.75, 3.05) is 23.7 Å². The number of nitrogen functional groups attached to an aromatic ring is 1. The van der Waals surface area contributed by atoms with Crippen LogP contribution in [0.25, 0.3) is 11.1 Å². The normalized spacial score (nSPS) is 13.6. The van der Waals surface area contributed by atoms with Crippen molar-refractivity contribution in [3.63, 3.8) is 0 Å². The summed E-state index contributed by atoms with van der Waals surface area (Å²) < 4.78 is 0. The number of hydrogen-bond acceptors (Lipinski definition) is 4. The summed E-state index contributed by atoms with van der Waals surface area (Å²) in [5.41, 5.74) is 8.09. The van der Waals surface area contributed by atoms with Crippen LogP contribution in [0.3, 0.4) is 0 Å². The van der Waals surface area contributed by atoms with Crippen LogP contribution < -0.4 is 15.6 Å². The van der Waals surface area contributed by atoms with Gasteiger partial charge in [-0.25, -0.2) is 4.98 Å². The molecule has 0 amide bonds. The highest BCUT2D eigenvalue weighted by molar-refractivity contribution is 6.30. The summed E-state index contributed by atoms with van der Waals surface area (Å²) in [4.78, 5) is 5.15. The van der Waals surface area contributed by atoms with Crippen LogP contribution in [0, 0.1) is 22.7 Å². The number of aromatic nitrogens is 1. The van der Waals surface area contributed by atoms with E-state index in [2.05, 4.69) is 22.0 Å². The Balaban J connectivity index is 2.29. The van der Waals surface area contributed by atoms with Gasteiger partial charge in [-0.3, -0.25) is 4.90 Å². The Bertz CT molecular complexity index is 824. The molecule has 1 aromatic carbocycles. The summed E-state index contributed by atoms with van der Waals surface area (Å²) in [5, 5.41) is 19.8. The first-order valence-corrected chi connectivity index (χ1v) is 7.73. The van der Waals surface area contributed by atoms with Gasteiger partial charge in [-0.1, -0.05) is 23.7 Å². The standard InChI is InChI=1S/C17H14ClN5/c18-12-5-3-11(4-6-12)15-13(9-19)16(21)22-17(14(15)10-20)23-7-1-2-8-23/h3-6H,1-2,7-8H2,(H2,21,22)/p+1. The van der Waals surface area contributed by atoms with E-state index in [9.17, 15) is 10.5 Å². The Morgan fingerprint density at radius 1 is 1.04 bits per heavy atom. The lowest BCUT2D eigenvalue weighted by Crippen LogP contribution is -2.30. The van der Waals surface area contributed by atoms with Crippen molar-refractivity contribution in [2.24, 2.45) is 0 Å². The number of anilines is 2. The van der Waals surface area contributed by atoms with Gasteiger partial charge in [-0.05, 0) is 30.5 Å². The largest absolute Gasteiger partial charge is 0.318 e. The minimum atomic E-state index is 0.276. The number of rotatable bonds is 2. The minimum Gasteiger partial charge on any atom is -0.318 e. The van der Waals surface area contributed by atoms with Crippen molar-refractivity contribution < 1.29 is 4.98 Å². The van der Waals surface area contributed by atoms with E-state index in [4.69, 9.17) is 17.3 Å². The van der Waals surface area contributed by atoms with Crippen LogP contribution in [0.5, 0.6) is 0 Å². The first kappa shape index (κ1) is 15.1. The van der Waals surface area contributed by atoms with Crippen LogP contribution in [0.1, 0.15) is 24.0 Å². The molecule has 0 spiro atoms. The maximum absolute atomic E-state index is 9.71. The Morgan fingerprint density at radius 3 is 2.22 bits per heavy atom. The molecule has 23 heavy (non-hydrogen) atoms. The molecule has 0 unspecified atom stereocenters. The highest BCUT2D eigenvalue weighted by atomic mass is 35.5. The third kappa shape index (κ3) is 2.67. The SMILES string of the molecule is N#Cc1c(N)[nH+]c(N2CCCC2)c(C#N)c1-c1ccc(Cl)cc1. The fourth-order valence-corrected chi connectivity index (χ4v) is 3.06. The van der Waals surface area contributed by atoms with Gasteiger partial charge in [0.15, 0.2) is 0 Å². The number of hydrogen-bond donors (Lipinski definition) is 1. The molecule has 3 N–H and O–H groups in total. The zero-order valence-corrected chi connectivity index (χ0v) is 13.2. The summed E-state index contributed by atoms with van der Waals surface area (Å²) in [6.07, 6.45) is 2.16. The molecule has 0 aliphatic carbocycles. The number of aromatic amines is 1. The number of H-pyrrole nitrogens is 1. The summed E-state index contributed by atoms with van der Waals surface area (Å²) in [7, 11) is 0. The first-order chi connectivity index (χ1) is 11.2. The molecule has 1 aliphatic heterocycles. The van der Waals surface area contributed by atoms with E-state index in [1.807, 2.05) is 0 Å². The highest BCUT2D eigenvalue weighted by Gasteiger charge is 2.28. The van der Waals surface area contributed by atoms with Crippen LogP contribution in [0.4, 0.5) is 11.6 Å². The topological polar surface area (TPSA) is 91.0 Å². The molecule has 1 saturated heterocycles. The third-order valence-corrected chi connectivity index (χ3v) is 4.29. The molecule has 1 aromatic heterocycles. The maximum atomic E-state index is 9.71. The minimum absolute atomic E-state index is 0.276. The quantitative estimate of drug-likeness (QED) is 0.919. The van der Waals surface area contributed by atoms with E-state index >= 15 is 0 Å². The fraction of sp³-hybridized carbons (Fsp3) is 0.235. The third-order valence-electron chi connectivity index (χ3n) is 4.04. The van der Waals surface area contributed by atoms with Crippen molar-refractivity contribution in [1.29, 1.82) is 10.5 Å². The van der Waals surface area contributed by atoms with E-state index < -0.39 is 0 Å². The second-order valence-electron chi connectivity index (χ2n) is 5.44. The average Bonchev–Trinajstić information content (AvgIpc) is 3.09. The molecule has 5 nitrogen and oxygen atoms in total. The van der Waals surface area contributed by atoms with Gasteiger partial charge in [0.05, 0.1) is 13.1 Å². The van der Waals surface area contributed by atoms with Gasteiger partial charge >= 0.3 is 0 Å². The number of nitrogens with two attached hydrogens (primary N) is 1. The number of pyridine rings is 1. The number of nitrogens with zero attached hydrogens (tertiary/aromatic N) is 3. The molecule has 114 valence electrons. The van der Waals surface area contributed by atoms with Crippen molar-refractivity contribution in [1.82, 2.24) is 0 Å². The smallest absolute Gasteiger partial charge is 0.240 e. The molecule has 6 heteroatoms. The lowest BCUT2D eigenvalue weighted by atomic mass is 9.96. The van der Waals surface area contributed by atoms with E-state index in [-0.39, 0.29) is 11.4 Å². The molecule has 0 bridgehead atoms. The van der Waals surface area contributed by atoms with Crippen LogP contribution in [-0.2, 0) is 0 Å². The molecular weight excluding hydrogens is 310 g/mol. The lowest BCUT2D eigenvalue weighted by Gasteiger charge is -2.16. The molecule has 3 rings (SSSR count). The Hall–Kier alpha value is -2.76. The Labute approximate surface area is 139 Å². The monoisotopic (exact) mass is 324 g/mol. The van der Waals surface area contributed by atoms with Crippen LogP contribution in [0.2, 0.25) is 5.02 Å². The zero-order valence-electron chi connectivity index (χ0n) is 12.4. The van der Waals surface area contributed by atoms with Crippen molar-refractivity contribution in [3.8, 4) is 23.3 Å². The van der Waals surface area contributed by atoms with Crippen LogP contribution >= 0.6 is 11.6 Å². The number of halogens is 1. The molecule has 1 aliphatic rings. The van der Waals surface area contributed by atoms with Gasteiger partial charge in [0, 0.05) is 10.6 Å². The van der Waals surface area contributed by atoms with E-state index in [0.717, 1.165) is 31.5 Å². The molecule has 0 radical (unpaired) electrons. The molecule has 2 heterocycles. The second-order valence-corrected chi connectivity index (χ2v) is 5.87. The predicted octanol–water partition coefficient (Wildman–Crippen LogP) is 2.75. The van der Waals surface area contributed by atoms with E-state index in [1.165, 1.54) is 0 Å². The van der Waals surface area contributed by atoms with Crippen molar-refractivity contribution >= 4 is 23.2 Å². The van der Waals surface area contributed by atoms with Gasteiger partial charge in [0.25, 0.3) is 0 Å². The van der Waals surface area contributed by atoms with Crippen LogP contribution in [-0.4, -0.2) is 13.1 Å². The van der Waals surface area contributed by atoms with E-state index in [1.54, 1.807) is 24.3 Å². The first-order valence-electron chi connectivity index (χ1n) is 7.35. The van der Waals surface area contributed by atoms with Gasteiger partial charge in [0.1, 0.15) is 23.3 Å². The lowest BCUT2D eigenvalue weighted by molar-refractivity contribution is -0.346. The second kappa shape index (κ2) is 6.16. The van der Waals surface area contributed by atoms with Crippen LogP contribution in [0.15, 0.2) is 24.3 Å². The summed E-state index contributed by atoms with van der Waals surface area (Å²) in [5.74, 6) is 0.963. The molecular formula is C17H15ClN5+.